The van der Waals surface area contributed by atoms with Crippen LogP contribution in [-0.2, 0) is 9.59 Å². The Balaban J connectivity index is 2.19. The van der Waals surface area contributed by atoms with Crippen molar-refractivity contribution in [2.75, 3.05) is 13.1 Å². The number of nitrogens with two attached hydrogens (primary N) is 1. The molecule has 0 heterocycles. The fourth-order valence-corrected chi connectivity index (χ4v) is 2.12. The van der Waals surface area contributed by atoms with E-state index in [4.69, 9.17) is 5.73 Å². The van der Waals surface area contributed by atoms with E-state index in [1.807, 2.05) is 13.8 Å². The van der Waals surface area contributed by atoms with Crippen LogP contribution in [0, 0.1) is 5.41 Å². The first-order chi connectivity index (χ1) is 9.07. The lowest BCUT2D eigenvalue weighted by Crippen LogP contribution is -2.45. The largest absolute Gasteiger partial charge is 0.356 e. The zero-order valence-corrected chi connectivity index (χ0v) is 12.1. The van der Waals surface area contributed by atoms with Crippen molar-refractivity contribution in [2.24, 2.45) is 11.1 Å². The Morgan fingerprint density at radius 3 is 2.37 bits per heavy atom. The molecule has 0 aromatic carbocycles. The Morgan fingerprint density at radius 2 is 1.89 bits per heavy atom. The van der Waals surface area contributed by atoms with Crippen molar-refractivity contribution >= 4 is 11.8 Å². The van der Waals surface area contributed by atoms with Gasteiger partial charge in [-0.15, -0.1) is 0 Å². The number of rotatable bonds is 9. The fraction of sp³-hybridized carbons (Fsp3) is 0.857. The van der Waals surface area contributed by atoms with Gasteiger partial charge in [-0.2, -0.15) is 0 Å². The van der Waals surface area contributed by atoms with E-state index in [0.29, 0.717) is 32.0 Å². The second-order valence-electron chi connectivity index (χ2n) is 5.39. The molecule has 1 fully saturated rings. The molecule has 0 unspecified atom stereocenters. The second-order valence-corrected chi connectivity index (χ2v) is 5.39. The minimum absolute atomic E-state index is 0.0163. The van der Waals surface area contributed by atoms with Crippen molar-refractivity contribution < 1.29 is 9.59 Å². The third-order valence-electron chi connectivity index (χ3n) is 4.03. The molecule has 0 bridgehead atoms. The van der Waals surface area contributed by atoms with E-state index in [2.05, 4.69) is 10.6 Å². The van der Waals surface area contributed by atoms with Gasteiger partial charge in [-0.05, 0) is 32.1 Å². The van der Waals surface area contributed by atoms with Crippen LogP contribution in [-0.4, -0.2) is 30.9 Å². The molecule has 2 amide bonds. The van der Waals surface area contributed by atoms with Crippen LogP contribution in [0.1, 0.15) is 52.4 Å². The summed E-state index contributed by atoms with van der Waals surface area (Å²) in [5.41, 5.74) is 5.27. The molecule has 1 aliphatic rings. The van der Waals surface area contributed by atoms with Gasteiger partial charge >= 0.3 is 0 Å². The highest BCUT2D eigenvalue weighted by molar-refractivity contribution is 5.83. The molecule has 19 heavy (non-hydrogen) atoms. The predicted octanol–water partition coefficient (Wildman–Crippen LogP) is 0.927. The molecule has 4 N–H and O–H groups in total. The average molecular weight is 269 g/mol. The first-order valence-corrected chi connectivity index (χ1v) is 7.35. The second kappa shape index (κ2) is 7.48. The van der Waals surface area contributed by atoms with Crippen molar-refractivity contribution in [1.82, 2.24) is 10.6 Å². The van der Waals surface area contributed by atoms with Crippen LogP contribution in [0.3, 0.4) is 0 Å². The molecule has 1 saturated carbocycles. The summed E-state index contributed by atoms with van der Waals surface area (Å²) < 4.78 is 0. The molecule has 0 aromatic heterocycles. The summed E-state index contributed by atoms with van der Waals surface area (Å²) in [6, 6.07) is 0.409. The van der Waals surface area contributed by atoms with Gasteiger partial charge in [0.2, 0.25) is 11.8 Å². The van der Waals surface area contributed by atoms with Crippen molar-refractivity contribution in [3.63, 3.8) is 0 Å². The van der Waals surface area contributed by atoms with Crippen LogP contribution in [0.2, 0.25) is 0 Å². The maximum Gasteiger partial charge on any atom is 0.227 e. The van der Waals surface area contributed by atoms with E-state index in [1.54, 1.807) is 0 Å². The van der Waals surface area contributed by atoms with Gasteiger partial charge in [0.1, 0.15) is 0 Å². The number of hydrogen-bond donors (Lipinski definition) is 3. The standard InChI is InChI=1S/C14H27N3O2/c1-3-14(4-2,10-15)13(19)16-9-5-6-12(18)17-11-7-8-11/h11H,3-10,15H2,1-2H3,(H,16,19)(H,17,18). The summed E-state index contributed by atoms with van der Waals surface area (Å²) in [6.45, 7) is 4.88. The van der Waals surface area contributed by atoms with Gasteiger partial charge in [0, 0.05) is 25.6 Å². The summed E-state index contributed by atoms with van der Waals surface area (Å²) >= 11 is 0. The maximum atomic E-state index is 12.1. The molecule has 110 valence electrons. The maximum absolute atomic E-state index is 12.1. The van der Waals surface area contributed by atoms with Crippen LogP contribution in [0.4, 0.5) is 0 Å². The minimum Gasteiger partial charge on any atom is -0.356 e. The third kappa shape index (κ3) is 4.82. The lowest BCUT2D eigenvalue weighted by Gasteiger charge is -2.28. The topological polar surface area (TPSA) is 84.2 Å². The highest BCUT2D eigenvalue weighted by Gasteiger charge is 2.32. The molecule has 5 heteroatoms. The first kappa shape index (κ1) is 16.0. The van der Waals surface area contributed by atoms with E-state index in [-0.39, 0.29) is 11.8 Å². The zero-order chi connectivity index (χ0) is 14.3. The Kier molecular flexibility index (Phi) is 6.28. The van der Waals surface area contributed by atoms with Gasteiger partial charge in [-0.1, -0.05) is 13.8 Å². The normalized spacial score (nSPS) is 15.1. The highest BCUT2D eigenvalue weighted by Crippen LogP contribution is 2.24. The molecule has 0 radical (unpaired) electrons. The van der Waals surface area contributed by atoms with Gasteiger partial charge in [-0.3, -0.25) is 9.59 Å². The molecule has 0 aromatic rings. The number of nitrogens with one attached hydrogen (secondary N) is 2. The monoisotopic (exact) mass is 269 g/mol. The lowest BCUT2D eigenvalue weighted by molar-refractivity contribution is -0.131. The Bertz CT molecular complexity index is 302. The average Bonchev–Trinajstić information content (AvgIpc) is 3.21. The Hall–Kier alpha value is -1.10. The zero-order valence-electron chi connectivity index (χ0n) is 12.1. The number of carbonyl (C=O) groups excluding carboxylic acids is 2. The van der Waals surface area contributed by atoms with E-state index in [1.165, 1.54) is 0 Å². The van der Waals surface area contributed by atoms with Crippen molar-refractivity contribution in [3.05, 3.63) is 0 Å². The van der Waals surface area contributed by atoms with Crippen LogP contribution in [0.25, 0.3) is 0 Å². The molecule has 0 spiro atoms. The summed E-state index contributed by atoms with van der Waals surface area (Å²) in [6.07, 6.45) is 4.86. The minimum atomic E-state index is -0.448. The van der Waals surface area contributed by atoms with E-state index >= 15 is 0 Å². The molecule has 0 atom stereocenters. The van der Waals surface area contributed by atoms with Crippen molar-refractivity contribution in [1.29, 1.82) is 0 Å². The molecular weight excluding hydrogens is 242 g/mol. The SMILES string of the molecule is CCC(CC)(CN)C(=O)NCCCC(=O)NC1CC1. The van der Waals surface area contributed by atoms with Crippen LogP contribution < -0.4 is 16.4 Å². The number of hydrogen-bond acceptors (Lipinski definition) is 3. The summed E-state index contributed by atoms with van der Waals surface area (Å²) in [5.74, 6) is 0.107. The smallest absolute Gasteiger partial charge is 0.227 e. The van der Waals surface area contributed by atoms with Gasteiger partial charge in [-0.25, -0.2) is 0 Å². The van der Waals surface area contributed by atoms with Gasteiger partial charge < -0.3 is 16.4 Å². The Morgan fingerprint density at radius 1 is 1.26 bits per heavy atom. The molecular formula is C14H27N3O2. The molecule has 1 rings (SSSR count). The van der Waals surface area contributed by atoms with E-state index in [0.717, 1.165) is 25.7 Å². The van der Waals surface area contributed by atoms with Gasteiger partial charge in [0.15, 0.2) is 0 Å². The molecule has 0 saturated heterocycles. The first-order valence-electron chi connectivity index (χ1n) is 7.35. The number of carbonyl (C=O) groups is 2. The lowest BCUT2D eigenvalue weighted by atomic mass is 9.81. The summed E-state index contributed by atoms with van der Waals surface area (Å²) in [7, 11) is 0. The highest BCUT2D eigenvalue weighted by atomic mass is 16.2. The van der Waals surface area contributed by atoms with Gasteiger partial charge in [0.05, 0.1) is 5.41 Å². The Labute approximate surface area is 115 Å². The van der Waals surface area contributed by atoms with Gasteiger partial charge in [0.25, 0.3) is 0 Å². The van der Waals surface area contributed by atoms with E-state index in [9.17, 15) is 9.59 Å². The van der Waals surface area contributed by atoms with Crippen LogP contribution in [0.15, 0.2) is 0 Å². The summed E-state index contributed by atoms with van der Waals surface area (Å²) in [5, 5.41) is 5.84. The number of amides is 2. The van der Waals surface area contributed by atoms with Crippen LogP contribution >= 0.6 is 0 Å². The molecule has 0 aliphatic heterocycles. The van der Waals surface area contributed by atoms with Crippen LogP contribution in [0.5, 0.6) is 0 Å². The quantitative estimate of drug-likeness (QED) is 0.544. The summed E-state index contributed by atoms with van der Waals surface area (Å²) in [4.78, 5) is 23.6. The van der Waals surface area contributed by atoms with Crippen molar-refractivity contribution in [2.45, 2.75) is 58.4 Å². The fourth-order valence-electron chi connectivity index (χ4n) is 2.12. The molecule has 5 nitrogen and oxygen atoms in total. The third-order valence-corrected chi connectivity index (χ3v) is 4.03. The predicted molar refractivity (Wildman–Crippen MR) is 75.5 cm³/mol. The molecule has 1 aliphatic carbocycles. The van der Waals surface area contributed by atoms with Crippen molar-refractivity contribution in [3.8, 4) is 0 Å². The van der Waals surface area contributed by atoms with E-state index < -0.39 is 5.41 Å².